The second kappa shape index (κ2) is 7.33. The van der Waals surface area contributed by atoms with Gasteiger partial charge in [0.2, 0.25) is 5.91 Å². The maximum atomic E-state index is 13.0. The van der Waals surface area contributed by atoms with Gasteiger partial charge < -0.3 is 10.6 Å². The number of halogens is 3. The van der Waals surface area contributed by atoms with Crippen molar-refractivity contribution in [3.63, 3.8) is 0 Å². The van der Waals surface area contributed by atoms with Crippen molar-refractivity contribution >= 4 is 23.1 Å². The first-order chi connectivity index (χ1) is 11.3. The van der Waals surface area contributed by atoms with Gasteiger partial charge in [0.15, 0.2) is 0 Å². The van der Waals surface area contributed by atoms with E-state index < -0.39 is 11.7 Å². The highest BCUT2D eigenvalue weighted by atomic mass is 19.4. The van der Waals surface area contributed by atoms with Crippen LogP contribution in [0.2, 0.25) is 0 Å². The molecule has 2 rings (SSSR count). The summed E-state index contributed by atoms with van der Waals surface area (Å²) in [6.07, 6.45) is -2.66. The number of nitrogens with zero attached hydrogens (tertiary/aromatic N) is 1. The molecule has 1 heterocycles. The highest BCUT2D eigenvalue weighted by Gasteiger charge is 2.33. The van der Waals surface area contributed by atoms with E-state index in [0.717, 1.165) is 6.07 Å². The number of benzene rings is 1. The average Bonchev–Trinajstić information content (AvgIpc) is 2.48. The largest absolute Gasteiger partial charge is 0.418 e. The zero-order chi connectivity index (χ0) is 17.7. The lowest BCUT2D eigenvalue weighted by Crippen LogP contribution is -2.14. The van der Waals surface area contributed by atoms with E-state index in [9.17, 15) is 18.0 Å². The molecule has 0 spiro atoms. The Hall–Kier alpha value is -2.57. The maximum Gasteiger partial charge on any atom is 0.418 e. The molecule has 0 fully saturated rings. The molecule has 0 unspecified atom stereocenters. The zero-order valence-corrected chi connectivity index (χ0v) is 13.3. The number of para-hydroxylation sites is 1. The Balaban J connectivity index is 2.09. The lowest BCUT2D eigenvalue weighted by molar-refractivity contribution is -0.137. The summed E-state index contributed by atoms with van der Waals surface area (Å²) in [7, 11) is 0. The molecule has 2 N–H and O–H groups in total. The first kappa shape index (κ1) is 17.8. The molecule has 128 valence electrons. The minimum Gasteiger partial charge on any atom is -0.340 e. The fourth-order valence-corrected chi connectivity index (χ4v) is 2.10. The molecule has 0 atom stereocenters. The molecule has 7 heteroatoms. The van der Waals surface area contributed by atoms with Crippen molar-refractivity contribution in [2.75, 3.05) is 10.6 Å². The number of rotatable bonds is 5. The van der Waals surface area contributed by atoms with Gasteiger partial charge >= 0.3 is 6.18 Å². The number of anilines is 3. The molecule has 1 aromatic carbocycles. The summed E-state index contributed by atoms with van der Waals surface area (Å²) in [5.41, 5.74) is -0.342. The summed E-state index contributed by atoms with van der Waals surface area (Å²) in [5.74, 6) is 0.362. The van der Waals surface area contributed by atoms with Gasteiger partial charge in [0.1, 0.15) is 5.82 Å². The van der Waals surface area contributed by atoms with Crippen LogP contribution in [0.4, 0.5) is 30.4 Å². The van der Waals surface area contributed by atoms with Crippen LogP contribution in [0.1, 0.15) is 25.8 Å². The zero-order valence-electron chi connectivity index (χ0n) is 13.3. The van der Waals surface area contributed by atoms with Gasteiger partial charge in [-0.15, -0.1) is 0 Å². The molecule has 1 amide bonds. The smallest absolute Gasteiger partial charge is 0.340 e. The number of amides is 1. The van der Waals surface area contributed by atoms with Crippen molar-refractivity contribution in [2.45, 2.75) is 26.4 Å². The lowest BCUT2D eigenvalue weighted by Gasteiger charge is -2.14. The predicted octanol–water partition coefficient (Wildman–Crippen LogP) is 4.83. The van der Waals surface area contributed by atoms with E-state index in [1.54, 1.807) is 6.07 Å². The SMILES string of the molecule is CC(C)CC(=O)Nc1ccc(Nc2ccccc2C(F)(F)F)nc1. The van der Waals surface area contributed by atoms with Crippen molar-refractivity contribution in [2.24, 2.45) is 5.92 Å². The Labute approximate surface area is 138 Å². The molecular formula is C17H18F3N3O. The van der Waals surface area contributed by atoms with Gasteiger partial charge in [-0.1, -0.05) is 26.0 Å². The summed E-state index contributed by atoms with van der Waals surface area (Å²) in [4.78, 5) is 15.7. The molecule has 0 radical (unpaired) electrons. The Bertz CT molecular complexity index is 697. The highest BCUT2D eigenvalue weighted by molar-refractivity contribution is 5.90. The molecule has 0 aliphatic carbocycles. The van der Waals surface area contributed by atoms with Crippen LogP contribution in [-0.2, 0) is 11.0 Å². The third kappa shape index (κ3) is 4.97. The summed E-state index contributed by atoms with van der Waals surface area (Å²) in [6, 6.07) is 8.28. The van der Waals surface area contributed by atoms with Crippen LogP contribution in [0.15, 0.2) is 42.6 Å². The van der Waals surface area contributed by atoms with E-state index in [1.807, 2.05) is 13.8 Å². The molecule has 0 aliphatic rings. The number of aromatic nitrogens is 1. The second-order valence-corrected chi connectivity index (χ2v) is 5.75. The monoisotopic (exact) mass is 337 g/mol. The van der Waals surface area contributed by atoms with Gasteiger partial charge in [0, 0.05) is 6.42 Å². The van der Waals surface area contributed by atoms with Gasteiger partial charge in [-0.2, -0.15) is 13.2 Å². The van der Waals surface area contributed by atoms with E-state index in [0.29, 0.717) is 12.1 Å². The van der Waals surface area contributed by atoms with Crippen molar-refractivity contribution in [3.8, 4) is 0 Å². The highest BCUT2D eigenvalue weighted by Crippen LogP contribution is 2.35. The molecule has 0 saturated heterocycles. The van der Waals surface area contributed by atoms with E-state index in [-0.39, 0.29) is 23.3 Å². The van der Waals surface area contributed by atoms with Gasteiger partial charge in [0.25, 0.3) is 0 Å². The third-order valence-electron chi connectivity index (χ3n) is 3.14. The Morgan fingerprint density at radius 1 is 1.17 bits per heavy atom. The first-order valence-corrected chi connectivity index (χ1v) is 7.45. The van der Waals surface area contributed by atoms with E-state index in [1.165, 1.54) is 30.5 Å². The molecule has 4 nitrogen and oxygen atoms in total. The van der Waals surface area contributed by atoms with Crippen molar-refractivity contribution in [1.29, 1.82) is 0 Å². The predicted molar refractivity (Wildman–Crippen MR) is 87.0 cm³/mol. The van der Waals surface area contributed by atoms with Gasteiger partial charge in [-0.3, -0.25) is 4.79 Å². The van der Waals surface area contributed by atoms with Crippen LogP contribution in [0.3, 0.4) is 0 Å². The van der Waals surface area contributed by atoms with E-state index in [2.05, 4.69) is 15.6 Å². The number of hydrogen-bond donors (Lipinski definition) is 2. The van der Waals surface area contributed by atoms with Crippen molar-refractivity contribution < 1.29 is 18.0 Å². The van der Waals surface area contributed by atoms with Crippen LogP contribution in [0, 0.1) is 5.92 Å². The third-order valence-corrected chi connectivity index (χ3v) is 3.14. The van der Waals surface area contributed by atoms with Crippen LogP contribution in [0.5, 0.6) is 0 Å². The lowest BCUT2D eigenvalue weighted by atomic mass is 10.1. The minimum atomic E-state index is -4.45. The summed E-state index contributed by atoms with van der Waals surface area (Å²) in [5, 5.41) is 5.34. The average molecular weight is 337 g/mol. The number of alkyl halides is 3. The van der Waals surface area contributed by atoms with Crippen molar-refractivity contribution in [3.05, 3.63) is 48.2 Å². The molecule has 1 aromatic heterocycles. The molecule has 0 aliphatic heterocycles. The van der Waals surface area contributed by atoms with Gasteiger partial charge in [-0.25, -0.2) is 4.98 Å². The second-order valence-electron chi connectivity index (χ2n) is 5.75. The van der Waals surface area contributed by atoms with Crippen LogP contribution in [0.25, 0.3) is 0 Å². The molecule has 24 heavy (non-hydrogen) atoms. The Kier molecular flexibility index (Phi) is 5.43. The standard InChI is InChI=1S/C17H18F3N3O/c1-11(2)9-16(24)22-12-7-8-15(21-10-12)23-14-6-4-3-5-13(14)17(18,19)20/h3-8,10-11H,9H2,1-2H3,(H,21,23)(H,22,24). The number of hydrogen-bond acceptors (Lipinski definition) is 3. The number of nitrogens with one attached hydrogen (secondary N) is 2. The van der Waals surface area contributed by atoms with Crippen LogP contribution in [-0.4, -0.2) is 10.9 Å². The van der Waals surface area contributed by atoms with Crippen LogP contribution < -0.4 is 10.6 Å². The first-order valence-electron chi connectivity index (χ1n) is 7.45. The Morgan fingerprint density at radius 2 is 1.88 bits per heavy atom. The number of pyridine rings is 1. The topological polar surface area (TPSA) is 54.0 Å². The molecular weight excluding hydrogens is 319 g/mol. The molecule has 2 aromatic rings. The van der Waals surface area contributed by atoms with E-state index in [4.69, 9.17) is 0 Å². The fraction of sp³-hybridized carbons (Fsp3) is 0.294. The molecule has 0 bridgehead atoms. The Morgan fingerprint density at radius 3 is 2.46 bits per heavy atom. The van der Waals surface area contributed by atoms with Crippen molar-refractivity contribution in [1.82, 2.24) is 4.98 Å². The van der Waals surface area contributed by atoms with Gasteiger partial charge in [0.05, 0.1) is 23.1 Å². The van der Waals surface area contributed by atoms with Gasteiger partial charge in [-0.05, 0) is 30.2 Å². The molecule has 0 saturated carbocycles. The normalized spacial score (nSPS) is 11.4. The van der Waals surface area contributed by atoms with E-state index >= 15 is 0 Å². The maximum absolute atomic E-state index is 13.0. The summed E-state index contributed by atoms with van der Waals surface area (Å²) >= 11 is 0. The number of carbonyl (C=O) groups is 1. The summed E-state index contributed by atoms with van der Waals surface area (Å²) in [6.45, 7) is 3.87. The number of carbonyl (C=O) groups excluding carboxylic acids is 1. The van der Waals surface area contributed by atoms with Crippen LogP contribution >= 0.6 is 0 Å². The minimum absolute atomic E-state index is 0.0749. The summed E-state index contributed by atoms with van der Waals surface area (Å²) < 4.78 is 38.9. The quantitative estimate of drug-likeness (QED) is 0.822. The fourth-order valence-electron chi connectivity index (χ4n) is 2.10.